The Morgan fingerprint density at radius 1 is 1.08 bits per heavy atom. The second-order valence-electron chi connectivity index (χ2n) is 6.07. The molecule has 3 nitrogen and oxygen atoms in total. The molecule has 4 rings (SSSR count). The van der Waals surface area contributed by atoms with Crippen LogP contribution in [0.5, 0.6) is 0 Å². The third-order valence-corrected chi connectivity index (χ3v) is 6.25. The number of thioether (sulfide) groups is 1. The minimum Gasteiger partial charge on any atom is -0.324 e. The van der Waals surface area contributed by atoms with E-state index < -0.39 is 5.54 Å². The van der Waals surface area contributed by atoms with Crippen LogP contribution in [0.3, 0.4) is 0 Å². The third-order valence-electron chi connectivity index (χ3n) is 4.40. The zero-order valence-electron chi connectivity index (χ0n) is 13.2. The summed E-state index contributed by atoms with van der Waals surface area (Å²) in [5.41, 5.74) is 1.24. The molecule has 2 aromatic rings. The summed E-state index contributed by atoms with van der Waals surface area (Å²) in [4.78, 5) is 20.0. The van der Waals surface area contributed by atoms with Crippen LogP contribution >= 0.6 is 43.6 Å². The molecule has 0 saturated carbocycles. The molecule has 2 aliphatic heterocycles. The van der Waals surface area contributed by atoms with Gasteiger partial charge in [0.05, 0.1) is 6.54 Å². The van der Waals surface area contributed by atoms with Crippen molar-refractivity contribution in [1.29, 1.82) is 0 Å². The molecule has 0 bridgehead atoms. The van der Waals surface area contributed by atoms with Crippen molar-refractivity contribution < 1.29 is 4.79 Å². The maximum atomic E-state index is 12.9. The van der Waals surface area contributed by atoms with Crippen LogP contribution in [-0.4, -0.2) is 22.4 Å². The molecule has 6 heteroatoms. The average Bonchev–Trinajstić information content (AvgIpc) is 3.15. The first-order valence-electron chi connectivity index (χ1n) is 7.80. The summed E-state index contributed by atoms with van der Waals surface area (Å²) in [6, 6.07) is 15.6. The van der Waals surface area contributed by atoms with E-state index in [2.05, 4.69) is 48.9 Å². The van der Waals surface area contributed by atoms with Gasteiger partial charge in [-0.1, -0.05) is 67.9 Å². The maximum absolute atomic E-state index is 12.9. The monoisotopic (exact) mass is 476 g/mol. The van der Waals surface area contributed by atoms with Crippen LogP contribution in [-0.2, 0) is 5.54 Å². The first-order chi connectivity index (χ1) is 12.1. The first-order valence-corrected chi connectivity index (χ1v) is 10.3. The van der Waals surface area contributed by atoms with E-state index >= 15 is 0 Å². The Morgan fingerprint density at radius 3 is 2.36 bits per heavy atom. The Bertz CT molecular complexity index is 877. The van der Waals surface area contributed by atoms with Gasteiger partial charge in [-0.25, -0.2) is 4.99 Å². The molecule has 0 radical (unpaired) electrons. The van der Waals surface area contributed by atoms with Gasteiger partial charge >= 0.3 is 0 Å². The van der Waals surface area contributed by atoms with E-state index in [1.807, 2.05) is 48.0 Å². The van der Waals surface area contributed by atoms with Gasteiger partial charge in [-0.05, 0) is 35.2 Å². The van der Waals surface area contributed by atoms with Gasteiger partial charge in [-0.3, -0.25) is 4.79 Å². The summed E-state index contributed by atoms with van der Waals surface area (Å²) >= 11 is 8.50. The van der Waals surface area contributed by atoms with Gasteiger partial charge < -0.3 is 4.90 Å². The number of halogens is 2. The average molecular weight is 478 g/mol. The van der Waals surface area contributed by atoms with E-state index in [4.69, 9.17) is 4.99 Å². The van der Waals surface area contributed by atoms with Crippen molar-refractivity contribution in [1.82, 2.24) is 4.90 Å². The first kappa shape index (κ1) is 17.1. The van der Waals surface area contributed by atoms with Crippen molar-refractivity contribution in [3.8, 4) is 0 Å². The van der Waals surface area contributed by atoms with Crippen molar-refractivity contribution in [3.63, 3.8) is 0 Å². The van der Waals surface area contributed by atoms with Crippen molar-refractivity contribution >= 4 is 54.6 Å². The summed E-state index contributed by atoms with van der Waals surface area (Å²) in [5.74, 6) is 0.106. The fourth-order valence-electron chi connectivity index (χ4n) is 3.12. The molecule has 1 atom stereocenters. The Hall–Kier alpha value is -1.37. The van der Waals surface area contributed by atoms with Crippen molar-refractivity contribution in [2.75, 3.05) is 6.54 Å². The van der Waals surface area contributed by atoms with Gasteiger partial charge in [0.2, 0.25) is 0 Å². The minimum atomic E-state index is -0.544. The fraction of sp³-hybridized carbons (Fsp3) is 0.158. The van der Waals surface area contributed by atoms with Gasteiger partial charge in [0.15, 0.2) is 11.0 Å². The Labute approximate surface area is 167 Å². The van der Waals surface area contributed by atoms with Crippen molar-refractivity contribution in [3.05, 3.63) is 80.2 Å². The number of benzene rings is 2. The quantitative estimate of drug-likeness (QED) is 0.539. The molecular weight excluding hydrogens is 464 g/mol. The lowest BCUT2D eigenvalue weighted by atomic mass is 9.84. The van der Waals surface area contributed by atoms with E-state index in [-0.39, 0.29) is 5.78 Å². The molecule has 0 aliphatic carbocycles. The SMILES string of the molecule is O=C(CC1(c2ccc(Br)cc2)CN2C=CSC2=N1)c1ccc(Br)cc1. The predicted molar refractivity (Wildman–Crippen MR) is 110 cm³/mol. The Morgan fingerprint density at radius 2 is 1.72 bits per heavy atom. The highest BCUT2D eigenvalue weighted by Gasteiger charge is 2.43. The lowest BCUT2D eigenvalue weighted by molar-refractivity contribution is 0.0950. The molecule has 1 unspecified atom stereocenters. The van der Waals surface area contributed by atoms with E-state index in [1.54, 1.807) is 11.8 Å². The normalized spacial score (nSPS) is 21.4. The molecule has 25 heavy (non-hydrogen) atoms. The second-order valence-corrected chi connectivity index (χ2v) is 8.77. The summed E-state index contributed by atoms with van der Waals surface area (Å²) in [6.07, 6.45) is 2.39. The predicted octanol–water partition coefficient (Wildman–Crippen LogP) is 5.57. The van der Waals surface area contributed by atoms with Crippen LogP contribution in [0, 0.1) is 0 Å². The van der Waals surface area contributed by atoms with Gasteiger partial charge in [-0.2, -0.15) is 0 Å². The summed E-state index contributed by atoms with van der Waals surface area (Å²) in [7, 11) is 0. The highest BCUT2D eigenvalue weighted by Crippen LogP contribution is 2.41. The number of carbonyl (C=O) groups is 1. The fourth-order valence-corrected chi connectivity index (χ4v) is 4.47. The molecule has 2 heterocycles. The number of aliphatic imine (C=N–C) groups is 1. The molecule has 2 aromatic carbocycles. The van der Waals surface area contributed by atoms with E-state index in [0.717, 1.165) is 25.2 Å². The molecule has 0 amide bonds. The number of ketones is 1. The lowest BCUT2D eigenvalue weighted by Crippen LogP contribution is -2.33. The largest absolute Gasteiger partial charge is 0.324 e. The zero-order valence-corrected chi connectivity index (χ0v) is 17.1. The summed E-state index contributed by atoms with van der Waals surface area (Å²) in [6.45, 7) is 0.690. The molecule has 2 aliphatic rings. The van der Waals surface area contributed by atoms with Crippen LogP contribution in [0.4, 0.5) is 0 Å². The number of hydrogen-bond donors (Lipinski definition) is 0. The summed E-state index contributed by atoms with van der Waals surface area (Å²) in [5, 5.41) is 2.99. The number of fused-ring (bicyclic) bond motifs is 1. The van der Waals surface area contributed by atoms with E-state index in [9.17, 15) is 4.79 Å². The molecular formula is C19H14Br2N2OS. The Balaban J connectivity index is 1.69. The van der Waals surface area contributed by atoms with Crippen molar-refractivity contribution in [2.24, 2.45) is 4.99 Å². The highest BCUT2D eigenvalue weighted by molar-refractivity contribution is 9.10. The third kappa shape index (κ3) is 3.35. The van der Waals surface area contributed by atoms with Crippen LogP contribution < -0.4 is 0 Å². The summed E-state index contributed by atoms with van der Waals surface area (Å²) < 4.78 is 1.99. The van der Waals surface area contributed by atoms with Crippen LogP contribution in [0.1, 0.15) is 22.3 Å². The molecule has 0 fully saturated rings. The minimum absolute atomic E-state index is 0.106. The van der Waals surface area contributed by atoms with Crippen LogP contribution in [0.25, 0.3) is 0 Å². The zero-order chi connectivity index (χ0) is 17.4. The molecule has 0 N–H and O–H groups in total. The standard InChI is InChI=1S/C19H14Br2N2OS/c20-15-5-1-13(2-6-15)17(24)11-19(14-3-7-16(21)8-4-14)12-23-9-10-25-18(23)22-19/h1-10H,11-12H2. The van der Waals surface area contributed by atoms with Gasteiger partial charge in [-0.15, -0.1) is 0 Å². The topological polar surface area (TPSA) is 32.7 Å². The maximum Gasteiger partial charge on any atom is 0.168 e. The number of amidine groups is 1. The highest BCUT2D eigenvalue weighted by atomic mass is 79.9. The molecule has 0 aromatic heterocycles. The van der Waals surface area contributed by atoms with Crippen molar-refractivity contribution in [2.45, 2.75) is 12.0 Å². The van der Waals surface area contributed by atoms with Gasteiger partial charge in [0, 0.05) is 27.1 Å². The van der Waals surface area contributed by atoms with Gasteiger partial charge in [0.1, 0.15) is 5.54 Å². The lowest BCUT2D eigenvalue weighted by Gasteiger charge is -2.27. The van der Waals surface area contributed by atoms with E-state index in [1.165, 1.54) is 0 Å². The molecule has 0 saturated heterocycles. The van der Waals surface area contributed by atoms with Crippen LogP contribution in [0.2, 0.25) is 0 Å². The molecule has 0 spiro atoms. The number of hydrogen-bond acceptors (Lipinski definition) is 4. The van der Waals surface area contributed by atoms with Gasteiger partial charge in [0.25, 0.3) is 0 Å². The smallest absolute Gasteiger partial charge is 0.168 e. The van der Waals surface area contributed by atoms with E-state index in [0.29, 0.717) is 13.0 Å². The van der Waals surface area contributed by atoms with Crippen LogP contribution in [0.15, 0.2) is 74.1 Å². The second kappa shape index (κ2) is 6.74. The number of Topliss-reactive ketones (excluding diaryl/α,β-unsaturated/α-hetero) is 1. The number of rotatable bonds is 4. The molecule has 126 valence electrons. The number of nitrogens with zero attached hydrogens (tertiary/aromatic N) is 2. The number of carbonyl (C=O) groups excluding carboxylic acids is 1. The Kier molecular flexibility index (Phi) is 4.60.